The fourth-order valence-corrected chi connectivity index (χ4v) is 5.23. The number of benzene rings is 3. The summed E-state index contributed by atoms with van der Waals surface area (Å²) in [5, 5.41) is 4.26. The fraction of sp³-hybridized carbons (Fsp3) is 0.212. The number of hydrogen-bond acceptors (Lipinski definition) is 10. The van der Waals surface area contributed by atoms with Crippen molar-refractivity contribution in [3.8, 4) is 22.8 Å². The molecule has 0 saturated carbocycles. The molecule has 45 heavy (non-hydrogen) atoms. The number of rotatable bonds is 11. The molecule has 1 aliphatic heterocycles. The van der Waals surface area contributed by atoms with E-state index >= 15 is 0 Å². The molecule has 6 rings (SSSR count). The van der Waals surface area contributed by atoms with E-state index in [-0.39, 0.29) is 37.4 Å². The Morgan fingerprint density at radius 3 is 2.24 bits per heavy atom. The molecular weight excluding hydrogens is 576 g/mol. The van der Waals surface area contributed by atoms with Gasteiger partial charge in [0, 0.05) is 54.4 Å². The van der Waals surface area contributed by atoms with Gasteiger partial charge in [0.25, 0.3) is 11.8 Å². The topological polar surface area (TPSA) is 129 Å². The molecule has 0 atom stereocenters. The second-order valence-corrected chi connectivity index (χ2v) is 10.2. The molecule has 3 heterocycles. The monoisotopic (exact) mass is 606 g/mol. The highest BCUT2D eigenvalue weighted by Crippen LogP contribution is 2.34. The van der Waals surface area contributed by atoms with Crippen LogP contribution in [0.5, 0.6) is 11.5 Å². The van der Waals surface area contributed by atoms with E-state index in [0.29, 0.717) is 51.5 Å². The van der Waals surface area contributed by atoms with Crippen molar-refractivity contribution in [3.63, 3.8) is 0 Å². The van der Waals surface area contributed by atoms with Gasteiger partial charge in [-0.3, -0.25) is 28.9 Å². The van der Waals surface area contributed by atoms with Gasteiger partial charge < -0.3 is 19.1 Å². The molecule has 228 valence electrons. The normalized spacial score (nSPS) is 12.4. The highest BCUT2D eigenvalue weighted by atomic mass is 16.5. The van der Waals surface area contributed by atoms with Crippen LogP contribution in [0.25, 0.3) is 22.3 Å². The summed E-state index contributed by atoms with van der Waals surface area (Å²) in [7, 11) is 3.15. The number of fused-ring (bicyclic) bond motifs is 2. The Kier molecular flexibility index (Phi) is 8.10. The Labute approximate surface area is 258 Å². The van der Waals surface area contributed by atoms with Gasteiger partial charge in [-0.25, -0.2) is 4.98 Å². The average Bonchev–Trinajstić information content (AvgIpc) is 3.62. The first kappa shape index (κ1) is 29.3. The van der Waals surface area contributed by atoms with Crippen molar-refractivity contribution in [1.82, 2.24) is 24.6 Å². The third-order valence-corrected chi connectivity index (χ3v) is 7.44. The van der Waals surface area contributed by atoms with Gasteiger partial charge in [0.1, 0.15) is 18.0 Å². The molecular formula is C33H30N6O6. The van der Waals surface area contributed by atoms with E-state index in [0.717, 1.165) is 11.4 Å². The summed E-state index contributed by atoms with van der Waals surface area (Å²) in [5.74, 6) is 0.139. The molecule has 0 bridgehead atoms. The van der Waals surface area contributed by atoms with E-state index in [1.165, 1.54) is 9.58 Å². The maximum absolute atomic E-state index is 13.1. The maximum Gasteiger partial charge on any atom is 0.327 e. The predicted octanol–water partition coefficient (Wildman–Crippen LogP) is 4.51. The van der Waals surface area contributed by atoms with Crippen LogP contribution in [-0.4, -0.2) is 76.3 Å². The first-order chi connectivity index (χ1) is 21.9. The molecule has 12 heteroatoms. The summed E-state index contributed by atoms with van der Waals surface area (Å²) < 4.78 is 17.6. The summed E-state index contributed by atoms with van der Waals surface area (Å²) in [6.45, 7) is 2.45. The van der Waals surface area contributed by atoms with Crippen molar-refractivity contribution in [1.29, 1.82) is 0 Å². The Balaban J connectivity index is 1.34. The third kappa shape index (κ3) is 5.90. The van der Waals surface area contributed by atoms with Crippen molar-refractivity contribution in [2.75, 3.05) is 38.8 Å². The van der Waals surface area contributed by atoms with Crippen LogP contribution in [0, 0.1) is 0 Å². The zero-order valence-electron chi connectivity index (χ0n) is 25.0. The zero-order chi connectivity index (χ0) is 31.5. The summed E-state index contributed by atoms with van der Waals surface area (Å²) in [6.07, 6.45) is 4.99. The van der Waals surface area contributed by atoms with E-state index < -0.39 is 0 Å². The van der Waals surface area contributed by atoms with Crippen LogP contribution in [-0.2, 0) is 16.1 Å². The minimum Gasteiger partial charge on any atom is -0.497 e. The molecule has 3 aromatic carbocycles. The Hall–Kier alpha value is -5.78. The van der Waals surface area contributed by atoms with Gasteiger partial charge in [-0.1, -0.05) is 12.1 Å². The minimum absolute atomic E-state index is 0.00887. The SMILES string of the molecule is CCOC(=O)Cn1cc(-c2cnc3ccc(N(CCN4C(=O)c5ccccc5C4=O)c4cc(OC)cc(OC)c4)cc3n2)cn1. The van der Waals surface area contributed by atoms with E-state index in [1.807, 2.05) is 35.2 Å². The van der Waals surface area contributed by atoms with Crippen molar-refractivity contribution in [2.24, 2.45) is 0 Å². The lowest BCUT2D eigenvalue weighted by Crippen LogP contribution is -2.36. The quantitative estimate of drug-likeness (QED) is 0.156. The summed E-state index contributed by atoms with van der Waals surface area (Å²) in [4.78, 5) is 50.8. The number of carbonyl (C=O) groups is 3. The number of methoxy groups -OCH3 is 2. The van der Waals surface area contributed by atoms with Gasteiger partial charge in [0.15, 0.2) is 0 Å². The molecule has 0 saturated heterocycles. The standard InChI is InChI=1S/C33H30N6O6/c1-4-45-31(40)20-37-19-21(17-35-37)30-18-34-28-10-9-22(15-29(28)36-30)38(23-13-24(43-2)16-25(14-23)44-3)11-12-39-32(41)26-7-5-6-8-27(26)33(39)42/h5-10,13-19H,4,11-12,20H2,1-3H3. The van der Waals surface area contributed by atoms with E-state index in [4.69, 9.17) is 19.2 Å². The molecule has 0 spiro atoms. The fourth-order valence-electron chi connectivity index (χ4n) is 5.23. The van der Waals surface area contributed by atoms with Crippen LogP contribution in [0.4, 0.5) is 11.4 Å². The lowest BCUT2D eigenvalue weighted by Gasteiger charge is -2.28. The molecule has 0 N–H and O–H groups in total. The molecule has 0 unspecified atom stereocenters. The molecule has 2 aromatic heterocycles. The van der Waals surface area contributed by atoms with E-state index in [2.05, 4.69) is 10.1 Å². The van der Waals surface area contributed by atoms with Crippen LogP contribution in [0.1, 0.15) is 27.6 Å². The van der Waals surface area contributed by atoms with Crippen LogP contribution in [0.2, 0.25) is 0 Å². The number of ether oxygens (including phenoxy) is 3. The zero-order valence-corrected chi connectivity index (χ0v) is 25.0. The Morgan fingerprint density at radius 1 is 0.867 bits per heavy atom. The summed E-state index contributed by atoms with van der Waals surface area (Å²) in [6, 6.07) is 18.0. The molecule has 0 fully saturated rings. The largest absolute Gasteiger partial charge is 0.497 e. The number of imide groups is 1. The molecule has 12 nitrogen and oxygen atoms in total. The highest BCUT2D eigenvalue weighted by molar-refractivity contribution is 6.21. The molecule has 0 radical (unpaired) electrons. The Bertz CT molecular complexity index is 1860. The van der Waals surface area contributed by atoms with E-state index in [1.54, 1.807) is 70.1 Å². The Morgan fingerprint density at radius 2 is 1.58 bits per heavy atom. The molecule has 1 aliphatic rings. The molecule has 5 aromatic rings. The predicted molar refractivity (Wildman–Crippen MR) is 166 cm³/mol. The number of esters is 1. The molecule has 2 amide bonds. The maximum atomic E-state index is 13.1. The van der Waals surface area contributed by atoms with Crippen molar-refractivity contribution >= 4 is 40.2 Å². The van der Waals surface area contributed by atoms with Gasteiger partial charge in [-0.05, 0) is 37.3 Å². The van der Waals surface area contributed by atoms with Crippen LogP contribution < -0.4 is 14.4 Å². The highest BCUT2D eigenvalue weighted by Gasteiger charge is 2.35. The first-order valence-electron chi connectivity index (χ1n) is 14.3. The number of aromatic nitrogens is 4. The second-order valence-electron chi connectivity index (χ2n) is 10.2. The summed E-state index contributed by atoms with van der Waals surface area (Å²) in [5.41, 5.74) is 4.83. The molecule has 0 aliphatic carbocycles. The number of anilines is 2. The van der Waals surface area contributed by atoms with Gasteiger partial charge in [0.05, 0.1) is 61.1 Å². The van der Waals surface area contributed by atoms with Gasteiger partial charge in [0.2, 0.25) is 0 Å². The van der Waals surface area contributed by atoms with Crippen LogP contribution in [0.3, 0.4) is 0 Å². The number of nitrogens with zero attached hydrogens (tertiary/aromatic N) is 6. The lowest BCUT2D eigenvalue weighted by molar-refractivity contribution is -0.144. The number of carbonyl (C=O) groups excluding carboxylic acids is 3. The average molecular weight is 607 g/mol. The van der Waals surface area contributed by atoms with Crippen molar-refractivity contribution in [3.05, 3.63) is 90.4 Å². The van der Waals surface area contributed by atoms with Gasteiger partial charge in [-0.2, -0.15) is 5.10 Å². The third-order valence-electron chi connectivity index (χ3n) is 7.44. The van der Waals surface area contributed by atoms with Crippen molar-refractivity contribution < 1.29 is 28.6 Å². The summed E-state index contributed by atoms with van der Waals surface area (Å²) >= 11 is 0. The minimum atomic E-state index is -0.378. The van der Waals surface area contributed by atoms with Crippen molar-refractivity contribution in [2.45, 2.75) is 13.5 Å². The van der Waals surface area contributed by atoms with Gasteiger partial charge >= 0.3 is 5.97 Å². The van der Waals surface area contributed by atoms with Crippen LogP contribution >= 0.6 is 0 Å². The van der Waals surface area contributed by atoms with E-state index in [9.17, 15) is 14.4 Å². The van der Waals surface area contributed by atoms with Gasteiger partial charge in [-0.15, -0.1) is 0 Å². The second kappa shape index (κ2) is 12.4. The van der Waals surface area contributed by atoms with Crippen LogP contribution in [0.15, 0.2) is 79.3 Å². The number of hydrogen-bond donors (Lipinski definition) is 0. The lowest BCUT2D eigenvalue weighted by atomic mass is 10.1. The number of amides is 2. The first-order valence-corrected chi connectivity index (χ1v) is 14.3. The smallest absolute Gasteiger partial charge is 0.327 e.